The van der Waals surface area contributed by atoms with Gasteiger partial charge in [0.1, 0.15) is 6.33 Å². The van der Waals surface area contributed by atoms with Gasteiger partial charge < -0.3 is 25.2 Å². The molecule has 2 amide bonds. The zero-order valence-electron chi connectivity index (χ0n) is 26.9. The molecule has 1 saturated heterocycles. The lowest BCUT2D eigenvalue weighted by molar-refractivity contribution is -0.268. The van der Waals surface area contributed by atoms with Crippen molar-refractivity contribution in [3.05, 3.63) is 101 Å². The number of aliphatic hydroxyl groups excluding tert-OH is 1. The highest BCUT2D eigenvalue weighted by Gasteiger charge is 2.38. The zero-order chi connectivity index (χ0) is 33.0. The lowest BCUT2D eigenvalue weighted by atomic mass is 9.91. The maximum atomic E-state index is 12.4. The molecule has 1 aliphatic rings. The van der Waals surface area contributed by atoms with E-state index in [0.29, 0.717) is 25.3 Å². The third-order valence-corrected chi connectivity index (χ3v) is 9.23. The van der Waals surface area contributed by atoms with E-state index in [-0.39, 0.29) is 36.5 Å². The average molecular weight is 658 g/mol. The second kappa shape index (κ2) is 17.2. The Labute approximate surface area is 280 Å². The van der Waals surface area contributed by atoms with Gasteiger partial charge in [0.2, 0.25) is 11.8 Å². The molecule has 0 saturated carbocycles. The van der Waals surface area contributed by atoms with Gasteiger partial charge in [-0.2, -0.15) is 5.10 Å². The van der Waals surface area contributed by atoms with Crippen molar-refractivity contribution in [3.8, 4) is 11.1 Å². The van der Waals surface area contributed by atoms with Gasteiger partial charge in [-0.25, -0.2) is 4.98 Å². The van der Waals surface area contributed by atoms with Gasteiger partial charge in [0.15, 0.2) is 11.4 Å². The minimum Gasteiger partial charge on any atom is -0.392 e. The zero-order valence-corrected chi connectivity index (χ0v) is 27.7. The highest BCUT2D eigenvalue weighted by molar-refractivity contribution is 7.99. The number of nitrogens with one attached hydrogen (secondary N) is 3. The Balaban J connectivity index is 1.25. The molecule has 3 aromatic carbocycles. The molecule has 11 heteroatoms. The van der Waals surface area contributed by atoms with Crippen LogP contribution in [0.3, 0.4) is 0 Å². The van der Waals surface area contributed by atoms with E-state index in [1.807, 2.05) is 48.5 Å². The summed E-state index contributed by atoms with van der Waals surface area (Å²) in [6.45, 7) is 4.74. The molecule has 47 heavy (non-hydrogen) atoms. The number of benzene rings is 3. The topological polar surface area (TPSA) is 138 Å². The summed E-state index contributed by atoms with van der Waals surface area (Å²) in [6, 6.07) is 24.3. The molecule has 2 heterocycles. The molecule has 1 aromatic heterocycles. The van der Waals surface area contributed by atoms with Crippen LogP contribution >= 0.6 is 11.8 Å². The van der Waals surface area contributed by atoms with Gasteiger partial charge in [0.25, 0.3) is 0 Å². The van der Waals surface area contributed by atoms with Crippen LogP contribution in [0, 0.1) is 5.92 Å². The Morgan fingerprint density at radius 1 is 0.915 bits per heavy atom. The summed E-state index contributed by atoms with van der Waals surface area (Å²) in [4.78, 5) is 27.6. The Kier molecular flexibility index (Phi) is 12.6. The first-order valence-electron chi connectivity index (χ1n) is 16.1. The number of aromatic nitrogens is 3. The van der Waals surface area contributed by atoms with Crippen molar-refractivity contribution in [2.24, 2.45) is 5.92 Å². The van der Waals surface area contributed by atoms with Crippen molar-refractivity contribution >= 4 is 23.6 Å². The van der Waals surface area contributed by atoms with Gasteiger partial charge in [-0.05, 0) is 52.8 Å². The quantitative estimate of drug-likeness (QED) is 0.0922. The fourth-order valence-electron chi connectivity index (χ4n) is 5.60. The fourth-order valence-corrected chi connectivity index (χ4v) is 6.54. The molecule has 248 valence electrons. The molecule has 0 aliphatic carbocycles. The summed E-state index contributed by atoms with van der Waals surface area (Å²) < 4.78 is 13.3. The van der Waals surface area contributed by atoms with Crippen molar-refractivity contribution in [1.82, 2.24) is 25.8 Å². The molecular weight excluding hydrogens is 614 g/mol. The lowest BCUT2D eigenvalue weighted by Gasteiger charge is -2.41. The van der Waals surface area contributed by atoms with Crippen molar-refractivity contribution in [2.75, 3.05) is 12.3 Å². The molecule has 4 N–H and O–H groups in total. The SMILES string of the molecule is CC(=O)NCCCCCC(=O)NCc1cccc(-c2cccc(C3OC(CSc4ncn[nH]4)C(C)C(c4ccc(CO)cc4)O3)c2)c1. The number of amides is 2. The van der Waals surface area contributed by atoms with E-state index < -0.39 is 6.29 Å². The first kappa shape index (κ1) is 34.3. The summed E-state index contributed by atoms with van der Waals surface area (Å²) >= 11 is 1.57. The molecular formula is C36H43N5O5S. The van der Waals surface area contributed by atoms with Gasteiger partial charge in [-0.15, -0.1) is 0 Å². The molecule has 0 bridgehead atoms. The predicted octanol–water partition coefficient (Wildman–Crippen LogP) is 5.86. The molecule has 4 unspecified atom stereocenters. The smallest absolute Gasteiger partial charge is 0.220 e. The van der Waals surface area contributed by atoms with Crippen LogP contribution in [0.25, 0.3) is 11.1 Å². The van der Waals surface area contributed by atoms with Crippen LogP contribution in [-0.2, 0) is 32.2 Å². The Bertz CT molecular complexity index is 1580. The van der Waals surface area contributed by atoms with Crippen molar-refractivity contribution in [1.29, 1.82) is 0 Å². The summed E-state index contributed by atoms with van der Waals surface area (Å²) in [5.41, 5.74) is 5.88. The largest absolute Gasteiger partial charge is 0.392 e. The first-order chi connectivity index (χ1) is 22.9. The maximum absolute atomic E-state index is 12.4. The molecule has 10 nitrogen and oxygen atoms in total. The number of thioether (sulfide) groups is 1. The van der Waals surface area contributed by atoms with E-state index in [1.165, 1.54) is 13.3 Å². The van der Waals surface area contributed by atoms with Crippen LogP contribution in [0.4, 0.5) is 0 Å². The third-order valence-electron chi connectivity index (χ3n) is 8.26. The van der Waals surface area contributed by atoms with Crippen LogP contribution < -0.4 is 10.6 Å². The lowest BCUT2D eigenvalue weighted by Crippen LogP contribution is -2.38. The fraction of sp³-hybridized carbons (Fsp3) is 0.389. The van der Waals surface area contributed by atoms with Crippen LogP contribution in [0.5, 0.6) is 0 Å². The number of nitrogens with zero attached hydrogens (tertiary/aromatic N) is 2. The van der Waals surface area contributed by atoms with E-state index in [1.54, 1.807) is 11.8 Å². The standard InChI is InChI=1S/C36H43N5O5S/c1-24-32(22-47-36-39-23-40-41-36)45-35(46-34(24)28-15-13-26(21-42)14-16-28)31-11-7-10-30(19-31)29-9-6-8-27(18-29)20-38-33(44)12-4-3-5-17-37-25(2)43/h6-11,13-16,18-19,23-24,32,34-35,42H,3-5,12,17,20-22H2,1-2H3,(H,37,43)(H,38,44)(H,39,40,41). The van der Waals surface area contributed by atoms with Crippen molar-refractivity contribution < 1.29 is 24.2 Å². The first-order valence-corrected chi connectivity index (χ1v) is 17.1. The Morgan fingerprint density at radius 2 is 1.70 bits per heavy atom. The predicted molar refractivity (Wildman–Crippen MR) is 181 cm³/mol. The highest BCUT2D eigenvalue weighted by atomic mass is 32.2. The Morgan fingerprint density at radius 3 is 2.45 bits per heavy atom. The van der Waals surface area contributed by atoms with Gasteiger partial charge >= 0.3 is 0 Å². The summed E-state index contributed by atoms with van der Waals surface area (Å²) in [6.07, 6.45) is 3.58. The number of ether oxygens (including phenoxy) is 2. The van der Waals surface area contributed by atoms with Crippen molar-refractivity contribution in [3.63, 3.8) is 0 Å². The summed E-state index contributed by atoms with van der Waals surface area (Å²) in [5, 5.41) is 23.0. The van der Waals surface area contributed by atoms with E-state index in [0.717, 1.165) is 57.8 Å². The van der Waals surface area contributed by atoms with Gasteiger partial charge in [0.05, 0.1) is 18.8 Å². The molecule has 1 fully saturated rings. The van der Waals surface area contributed by atoms with Crippen LogP contribution in [-0.4, -0.2) is 50.5 Å². The second-order valence-electron chi connectivity index (χ2n) is 11.8. The van der Waals surface area contributed by atoms with Gasteiger partial charge in [0, 0.05) is 43.7 Å². The number of hydrogen-bond donors (Lipinski definition) is 4. The molecule has 1 aliphatic heterocycles. The average Bonchev–Trinajstić information content (AvgIpc) is 3.62. The number of aromatic amines is 1. The highest BCUT2D eigenvalue weighted by Crippen LogP contribution is 2.43. The second-order valence-corrected chi connectivity index (χ2v) is 12.8. The number of carbonyl (C=O) groups is 2. The van der Waals surface area contributed by atoms with Crippen LogP contribution in [0.2, 0.25) is 0 Å². The number of aliphatic hydroxyl groups is 1. The van der Waals surface area contributed by atoms with E-state index in [2.05, 4.69) is 57.0 Å². The molecule has 0 spiro atoms. The number of unbranched alkanes of at least 4 members (excludes halogenated alkanes) is 2. The number of carbonyl (C=O) groups excluding carboxylic acids is 2. The minimum atomic E-state index is -0.588. The normalized spacial score (nSPS) is 19.3. The molecule has 4 atom stereocenters. The molecule has 4 aromatic rings. The van der Waals surface area contributed by atoms with Crippen molar-refractivity contribution in [2.45, 2.75) is 76.3 Å². The monoisotopic (exact) mass is 657 g/mol. The Hall–Kier alpha value is -4.03. The van der Waals surface area contributed by atoms with E-state index in [9.17, 15) is 14.7 Å². The maximum Gasteiger partial charge on any atom is 0.220 e. The summed E-state index contributed by atoms with van der Waals surface area (Å²) in [7, 11) is 0. The van der Waals surface area contributed by atoms with Crippen LogP contribution in [0.1, 0.15) is 74.2 Å². The summed E-state index contributed by atoms with van der Waals surface area (Å²) in [5.74, 6) is 0.723. The number of rotatable bonds is 15. The number of hydrogen-bond acceptors (Lipinski definition) is 8. The van der Waals surface area contributed by atoms with E-state index in [4.69, 9.17) is 9.47 Å². The third kappa shape index (κ3) is 9.98. The number of H-pyrrole nitrogens is 1. The molecule has 5 rings (SSSR count). The van der Waals surface area contributed by atoms with Gasteiger partial charge in [-0.3, -0.25) is 14.7 Å². The minimum absolute atomic E-state index is 0.00791. The van der Waals surface area contributed by atoms with Crippen LogP contribution in [0.15, 0.2) is 84.3 Å². The van der Waals surface area contributed by atoms with Gasteiger partial charge in [-0.1, -0.05) is 85.8 Å². The molecule has 0 radical (unpaired) electrons. The van der Waals surface area contributed by atoms with E-state index >= 15 is 0 Å².